The number of carboxylic acid groups (broad SMARTS) is 3. The number of aliphatic carboxylic acids is 3. The van der Waals surface area contributed by atoms with Crippen molar-refractivity contribution in [2.75, 3.05) is 19.6 Å². The standard InChI is InChI=1S/C6H14N2O2.C5H9NO2.C2H5NO2/c7-4-2-1-3-5(8)6(9)10;7-5(8)4-2-1-3-6-4;3-1-2(4)5/h5H,1-4,7-8H2,(H,9,10);4,6H,1-3H2,(H,7,8);1,3H2,(H,4,5)/t5-;4-;/m00./s1. The van der Waals surface area contributed by atoms with Crippen LogP contribution in [0.4, 0.5) is 0 Å². The van der Waals surface area contributed by atoms with Crippen LogP contribution in [0.2, 0.25) is 0 Å². The molecule has 0 amide bonds. The molecule has 0 aromatic carbocycles. The third kappa shape index (κ3) is 16.4. The summed E-state index contributed by atoms with van der Waals surface area (Å²) in [4.78, 5) is 29.5. The van der Waals surface area contributed by atoms with E-state index >= 15 is 0 Å². The van der Waals surface area contributed by atoms with Gasteiger partial charge >= 0.3 is 17.9 Å². The first-order valence-corrected chi connectivity index (χ1v) is 7.32. The van der Waals surface area contributed by atoms with Crippen molar-refractivity contribution in [2.45, 2.75) is 44.2 Å². The molecule has 0 bridgehead atoms. The minimum atomic E-state index is -0.968. The Labute approximate surface area is 135 Å². The lowest BCUT2D eigenvalue weighted by molar-refractivity contribution is -0.139. The Bertz CT molecular complexity index is 347. The van der Waals surface area contributed by atoms with Crippen molar-refractivity contribution in [3.05, 3.63) is 0 Å². The van der Waals surface area contributed by atoms with E-state index in [0.717, 1.165) is 32.2 Å². The summed E-state index contributed by atoms with van der Waals surface area (Å²) in [6.07, 6.45) is 3.95. The first kappa shape index (κ1) is 23.5. The van der Waals surface area contributed by atoms with Gasteiger partial charge in [-0.25, -0.2) is 0 Å². The summed E-state index contributed by atoms with van der Waals surface area (Å²) in [5, 5.41) is 27.1. The summed E-state index contributed by atoms with van der Waals surface area (Å²) in [5.41, 5.74) is 15.0. The Hall–Kier alpha value is -1.75. The molecule has 10 nitrogen and oxygen atoms in total. The molecule has 1 aliphatic rings. The van der Waals surface area contributed by atoms with Crippen LogP contribution in [0, 0.1) is 0 Å². The molecule has 0 unspecified atom stereocenters. The van der Waals surface area contributed by atoms with E-state index in [-0.39, 0.29) is 12.6 Å². The van der Waals surface area contributed by atoms with Crippen LogP contribution in [0.1, 0.15) is 32.1 Å². The lowest BCUT2D eigenvalue weighted by atomic mass is 10.1. The third-order valence-electron chi connectivity index (χ3n) is 2.82. The third-order valence-corrected chi connectivity index (χ3v) is 2.82. The van der Waals surface area contributed by atoms with Gasteiger partial charge in [-0.1, -0.05) is 6.42 Å². The van der Waals surface area contributed by atoms with E-state index in [2.05, 4.69) is 11.1 Å². The van der Waals surface area contributed by atoms with E-state index in [1.807, 2.05) is 0 Å². The minimum absolute atomic E-state index is 0.269. The number of hydrogen-bond acceptors (Lipinski definition) is 7. The SMILES string of the molecule is NCC(=O)O.NCCCC[C@H](N)C(=O)O.O=C(O)[C@@H]1CCCN1. The molecule has 2 atom stereocenters. The fourth-order valence-electron chi connectivity index (χ4n) is 1.53. The summed E-state index contributed by atoms with van der Waals surface area (Å²) < 4.78 is 0. The van der Waals surface area contributed by atoms with Gasteiger partial charge in [0.25, 0.3) is 0 Å². The van der Waals surface area contributed by atoms with Gasteiger partial charge in [-0.3, -0.25) is 14.4 Å². The second-order valence-corrected chi connectivity index (χ2v) is 4.81. The Kier molecular flexibility index (Phi) is 15.5. The van der Waals surface area contributed by atoms with Crippen molar-refractivity contribution < 1.29 is 29.7 Å². The molecule has 0 aromatic heterocycles. The van der Waals surface area contributed by atoms with Gasteiger partial charge in [-0.15, -0.1) is 0 Å². The second kappa shape index (κ2) is 15.2. The average Bonchev–Trinajstić information content (AvgIpc) is 3.03. The largest absolute Gasteiger partial charge is 0.480 e. The molecule has 10 heteroatoms. The first-order chi connectivity index (χ1) is 10.8. The van der Waals surface area contributed by atoms with Crippen molar-refractivity contribution in [2.24, 2.45) is 17.2 Å². The highest BCUT2D eigenvalue weighted by molar-refractivity contribution is 5.73. The molecule has 0 spiro atoms. The van der Waals surface area contributed by atoms with E-state index in [1.54, 1.807) is 0 Å². The van der Waals surface area contributed by atoms with E-state index in [9.17, 15) is 14.4 Å². The monoisotopic (exact) mass is 336 g/mol. The topological polar surface area (TPSA) is 202 Å². The van der Waals surface area contributed by atoms with Gasteiger partial charge in [0.1, 0.15) is 12.1 Å². The van der Waals surface area contributed by atoms with Crippen molar-refractivity contribution in [3.8, 4) is 0 Å². The molecule has 1 saturated heterocycles. The molecule has 0 aromatic rings. The number of unbranched alkanes of at least 4 members (excludes halogenated alkanes) is 1. The number of rotatable bonds is 7. The summed E-state index contributed by atoms with van der Waals surface area (Å²) in [6.45, 7) is 1.18. The molecular formula is C13H28N4O6. The fourth-order valence-corrected chi connectivity index (χ4v) is 1.53. The van der Waals surface area contributed by atoms with Gasteiger partial charge in [0, 0.05) is 0 Å². The van der Waals surface area contributed by atoms with Gasteiger partial charge in [0.05, 0.1) is 6.54 Å². The maximum absolute atomic E-state index is 10.1. The van der Waals surface area contributed by atoms with Gasteiger partial charge in [0.15, 0.2) is 0 Å². The van der Waals surface area contributed by atoms with Crippen LogP contribution in [0.3, 0.4) is 0 Å². The maximum Gasteiger partial charge on any atom is 0.320 e. The maximum atomic E-state index is 10.1. The van der Waals surface area contributed by atoms with Crippen LogP contribution >= 0.6 is 0 Å². The number of nitrogens with two attached hydrogens (primary N) is 3. The predicted molar refractivity (Wildman–Crippen MR) is 83.9 cm³/mol. The second-order valence-electron chi connectivity index (χ2n) is 4.81. The van der Waals surface area contributed by atoms with Gasteiger partial charge in [-0.05, 0) is 38.8 Å². The lowest BCUT2D eigenvalue weighted by Gasteiger charge is -2.03. The average molecular weight is 336 g/mol. The molecule has 136 valence electrons. The Morgan fingerprint density at radius 3 is 1.96 bits per heavy atom. The summed E-state index contributed by atoms with van der Waals surface area (Å²) in [5.74, 6) is -2.62. The Balaban J connectivity index is 0. The van der Waals surface area contributed by atoms with Crippen molar-refractivity contribution in [3.63, 3.8) is 0 Å². The number of nitrogens with one attached hydrogen (secondary N) is 1. The van der Waals surface area contributed by atoms with Crippen LogP contribution in [0.25, 0.3) is 0 Å². The quantitative estimate of drug-likeness (QED) is 0.265. The highest BCUT2D eigenvalue weighted by Gasteiger charge is 2.20. The smallest absolute Gasteiger partial charge is 0.320 e. The predicted octanol–water partition coefficient (Wildman–Crippen LogP) is -1.62. The Morgan fingerprint density at radius 2 is 1.70 bits per heavy atom. The molecule has 1 aliphatic heterocycles. The van der Waals surface area contributed by atoms with E-state index in [1.165, 1.54) is 0 Å². The number of hydrogen-bond donors (Lipinski definition) is 7. The van der Waals surface area contributed by atoms with Crippen LogP contribution in [-0.4, -0.2) is 64.9 Å². The number of carbonyl (C=O) groups is 3. The zero-order valence-electron chi connectivity index (χ0n) is 13.1. The molecule has 1 fully saturated rings. The van der Waals surface area contributed by atoms with Gasteiger partial charge in [0.2, 0.25) is 0 Å². The highest BCUT2D eigenvalue weighted by Crippen LogP contribution is 2.03. The highest BCUT2D eigenvalue weighted by atomic mass is 16.4. The number of carboxylic acids is 3. The van der Waals surface area contributed by atoms with Crippen LogP contribution in [0.15, 0.2) is 0 Å². The molecule has 1 heterocycles. The van der Waals surface area contributed by atoms with Crippen molar-refractivity contribution >= 4 is 17.9 Å². The first-order valence-electron chi connectivity index (χ1n) is 7.32. The van der Waals surface area contributed by atoms with Crippen LogP contribution in [-0.2, 0) is 14.4 Å². The normalized spacial score (nSPS) is 17.1. The van der Waals surface area contributed by atoms with Gasteiger partial charge < -0.3 is 37.8 Å². The zero-order chi connectivity index (χ0) is 18.3. The summed E-state index contributed by atoms with van der Waals surface area (Å²) >= 11 is 0. The van der Waals surface area contributed by atoms with Crippen LogP contribution in [0.5, 0.6) is 0 Å². The van der Waals surface area contributed by atoms with Crippen molar-refractivity contribution in [1.29, 1.82) is 0 Å². The molecule has 0 aliphatic carbocycles. The fraction of sp³-hybridized carbons (Fsp3) is 0.769. The summed E-state index contributed by atoms with van der Waals surface area (Å²) in [7, 11) is 0. The van der Waals surface area contributed by atoms with E-state index < -0.39 is 23.9 Å². The molecular weight excluding hydrogens is 308 g/mol. The molecule has 23 heavy (non-hydrogen) atoms. The van der Waals surface area contributed by atoms with Crippen molar-refractivity contribution in [1.82, 2.24) is 5.32 Å². The van der Waals surface area contributed by atoms with Crippen LogP contribution < -0.4 is 22.5 Å². The summed E-state index contributed by atoms with van der Waals surface area (Å²) in [6, 6.07) is -0.985. The molecule has 1 rings (SSSR count). The van der Waals surface area contributed by atoms with Gasteiger partial charge in [-0.2, -0.15) is 0 Å². The molecule has 0 saturated carbocycles. The lowest BCUT2D eigenvalue weighted by Crippen LogP contribution is -2.29. The van der Waals surface area contributed by atoms with E-state index in [4.69, 9.17) is 26.8 Å². The molecule has 10 N–H and O–H groups in total. The van der Waals surface area contributed by atoms with E-state index in [0.29, 0.717) is 13.0 Å². The molecule has 0 radical (unpaired) electrons. The zero-order valence-corrected chi connectivity index (χ0v) is 13.1. The Morgan fingerprint density at radius 1 is 1.13 bits per heavy atom. The minimum Gasteiger partial charge on any atom is -0.480 e.